The number of nitro benzene ring substituents is 1. The van der Waals surface area contributed by atoms with Gasteiger partial charge >= 0.3 is 0 Å². The minimum absolute atomic E-state index is 0.155. The number of rotatable bonds is 8. The Hall–Kier alpha value is -4.14. The highest BCUT2D eigenvalue weighted by atomic mass is 35.5. The van der Waals surface area contributed by atoms with Gasteiger partial charge in [-0.25, -0.2) is 0 Å². The molecule has 0 aromatic heterocycles. The number of nitrogens with one attached hydrogen (secondary N) is 2. The molecule has 0 radical (unpaired) electrons. The molecule has 0 saturated heterocycles. The number of carbonyl (C=O) groups is 2. The summed E-state index contributed by atoms with van der Waals surface area (Å²) in [5, 5.41) is 16.6. The Kier molecular flexibility index (Phi) is 7.99. The zero-order chi connectivity index (χ0) is 25.5. The second kappa shape index (κ2) is 11.5. The molecule has 0 aliphatic heterocycles. The molecule has 180 valence electrons. The molecule has 0 fully saturated rings. The predicted molar refractivity (Wildman–Crippen MR) is 143 cm³/mol. The fraction of sp³-hybridized carbons (Fsp3) is 0.0370. The molecule has 0 heterocycles. The summed E-state index contributed by atoms with van der Waals surface area (Å²) >= 11 is 7.42. The van der Waals surface area contributed by atoms with E-state index in [2.05, 4.69) is 10.6 Å². The van der Waals surface area contributed by atoms with Crippen molar-refractivity contribution in [3.8, 4) is 0 Å². The molecule has 0 aliphatic carbocycles. The van der Waals surface area contributed by atoms with Gasteiger partial charge < -0.3 is 10.6 Å². The summed E-state index contributed by atoms with van der Waals surface area (Å²) in [6, 6.07) is 29.0. The molecule has 36 heavy (non-hydrogen) atoms. The number of nitro groups is 1. The van der Waals surface area contributed by atoms with Crippen LogP contribution in [0.2, 0.25) is 5.02 Å². The average Bonchev–Trinajstić information content (AvgIpc) is 2.88. The molecule has 0 saturated carbocycles. The fourth-order valence-electron chi connectivity index (χ4n) is 3.39. The zero-order valence-corrected chi connectivity index (χ0v) is 20.3. The van der Waals surface area contributed by atoms with Crippen LogP contribution in [0.15, 0.2) is 108 Å². The first kappa shape index (κ1) is 25.0. The van der Waals surface area contributed by atoms with Crippen LogP contribution in [-0.2, 0) is 4.79 Å². The van der Waals surface area contributed by atoms with Gasteiger partial charge in [0, 0.05) is 39.0 Å². The van der Waals surface area contributed by atoms with Gasteiger partial charge in [0.15, 0.2) is 0 Å². The van der Waals surface area contributed by atoms with E-state index in [9.17, 15) is 19.7 Å². The van der Waals surface area contributed by atoms with Crippen molar-refractivity contribution in [2.45, 2.75) is 10.1 Å². The van der Waals surface area contributed by atoms with Crippen molar-refractivity contribution in [1.82, 2.24) is 0 Å². The standard InChI is InChI=1S/C27H20ClN3O4S/c28-20-9-5-10-22(17-20)30-27(33)25(18-6-2-1-3-7-18)36-24-14-12-21(13-15-24)29-26(32)19-8-4-11-23(16-19)31(34)35/h1-17,25H,(H,29,32)(H,30,33). The van der Waals surface area contributed by atoms with Crippen LogP contribution in [0.1, 0.15) is 21.2 Å². The number of hydrogen-bond donors (Lipinski definition) is 2. The van der Waals surface area contributed by atoms with Gasteiger partial charge in [0.25, 0.3) is 11.6 Å². The Labute approximate surface area is 216 Å². The molecule has 4 rings (SSSR count). The summed E-state index contributed by atoms with van der Waals surface area (Å²) in [7, 11) is 0. The molecule has 2 N–H and O–H groups in total. The molecule has 4 aromatic carbocycles. The number of thioether (sulfide) groups is 1. The van der Waals surface area contributed by atoms with E-state index in [1.807, 2.05) is 30.3 Å². The Balaban J connectivity index is 1.48. The van der Waals surface area contributed by atoms with E-state index in [0.717, 1.165) is 10.5 Å². The number of benzene rings is 4. The summed E-state index contributed by atoms with van der Waals surface area (Å²) in [6.07, 6.45) is 0. The summed E-state index contributed by atoms with van der Waals surface area (Å²) in [4.78, 5) is 37.0. The zero-order valence-electron chi connectivity index (χ0n) is 18.8. The van der Waals surface area contributed by atoms with Gasteiger partial charge in [0.05, 0.1) is 4.92 Å². The largest absolute Gasteiger partial charge is 0.325 e. The van der Waals surface area contributed by atoms with Gasteiger partial charge in [-0.2, -0.15) is 0 Å². The summed E-state index contributed by atoms with van der Waals surface area (Å²) in [6.45, 7) is 0. The monoisotopic (exact) mass is 517 g/mol. The van der Waals surface area contributed by atoms with Crippen molar-refractivity contribution in [2.75, 3.05) is 10.6 Å². The third-order valence-corrected chi connectivity index (χ3v) is 6.62. The first-order valence-corrected chi connectivity index (χ1v) is 12.1. The molecular weight excluding hydrogens is 498 g/mol. The van der Waals surface area contributed by atoms with E-state index < -0.39 is 16.1 Å². The minimum atomic E-state index is -0.547. The summed E-state index contributed by atoms with van der Waals surface area (Å²) in [5.74, 6) is -0.654. The van der Waals surface area contributed by atoms with Gasteiger partial charge in [0.1, 0.15) is 5.25 Å². The summed E-state index contributed by atoms with van der Waals surface area (Å²) < 4.78 is 0. The molecule has 0 spiro atoms. The van der Waals surface area contributed by atoms with E-state index >= 15 is 0 Å². The maximum atomic E-state index is 13.2. The lowest BCUT2D eigenvalue weighted by molar-refractivity contribution is -0.384. The van der Waals surface area contributed by atoms with Crippen molar-refractivity contribution < 1.29 is 14.5 Å². The Morgan fingerprint density at radius 1 is 0.806 bits per heavy atom. The number of anilines is 2. The quantitative estimate of drug-likeness (QED) is 0.149. The first-order valence-electron chi connectivity index (χ1n) is 10.8. The molecule has 1 unspecified atom stereocenters. The summed E-state index contributed by atoms with van der Waals surface area (Å²) in [5.41, 5.74) is 2.00. The van der Waals surface area contributed by atoms with Crippen LogP contribution in [0.4, 0.5) is 17.1 Å². The lowest BCUT2D eigenvalue weighted by Gasteiger charge is -2.17. The van der Waals surface area contributed by atoms with Gasteiger partial charge in [-0.15, -0.1) is 11.8 Å². The number of amides is 2. The number of halogens is 1. The number of hydrogen-bond acceptors (Lipinski definition) is 5. The molecule has 0 bridgehead atoms. The van der Waals surface area contributed by atoms with E-state index in [-0.39, 0.29) is 17.2 Å². The number of carbonyl (C=O) groups excluding carboxylic acids is 2. The maximum absolute atomic E-state index is 13.2. The Morgan fingerprint density at radius 3 is 2.22 bits per heavy atom. The average molecular weight is 518 g/mol. The van der Waals surface area contributed by atoms with Crippen molar-refractivity contribution in [3.05, 3.63) is 129 Å². The van der Waals surface area contributed by atoms with Gasteiger partial charge in [0.2, 0.25) is 5.91 Å². The van der Waals surface area contributed by atoms with E-state index in [1.54, 1.807) is 48.5 Å². The molecule has 0 aliphatic rings. The third-order valence-electron chi connectivity index (χ3n) is 5.12. The fourth-order valence-corrected chi connectivity index (χ4v) is 4.61. The molecule has 9 heteroatoms. The second-order valence-electron chi connectivity index (χ2n) is 7.69. The lowest BCUT2D eigenvalue weighted by atomic mass is 10.1. The van der Waals surface area contributed by atoms with Gasteiger partial charge in [-0.3, -0.25) is 19.7 Å². The Bertz CT molecular complexity index is 1400. The molecule has 4 aromatic rings. The van der Waals surface area contributed by atoms with E-state index in [0.29, 0.717) is 16.4 Å². The van der Waals surface area contributed by atoms with Crippen LogP contribution in [-0.4, -0.2) is 16.7 Å². The normalized spacial score (nSPS) is 11.4. The van der Waals surface area contributed by atoms with Crippen LogP contribution in [0, 0.1) is 10.1 Å². The van der Waals surface area contributed by atoms with Crippen molar-refractivity contribution in [2.24, 2.45) is 0 Å². The minimum Gasteiger partial charge on any atom is -0.325 e. The molecule has 7 nitrogen and oxygen atoms in total. The Morgan fingerprint density at radius 2 is 1.53 bits per heavy atom. The van der Waals surface area contributed by atoms with Gasteiger partial charge in [-0.1, -0.05) is 54.1 Å². The van der Waals surface area contributed by atoms with Crippen molar-refractivity contribution in [3.63, 3.8) is 0 Å². The molecular formula is C27H20ClN3O4S. The third kappa shape index (κ3) is 6.50. The van der Waals surface area contributed by atoms with Crippen LogP contribution >= 0.6 is 23.4 Å². The van der Waals surface area contributed by atoms with E-state index in [1.165, 1.54) is 36.0 Å². The topological polar surface area (TPSA) is 101 Å². The molecule has 2 amide bonds. The van der Waals surface area contributed by atoms with Crippen LogP contribution < -0.4 is 10.6 Å². The predicted octanol–water partition coefficient (Wildman–Crippen LogP) is 6.97. The van der Waals surface area contributed by atoms with Gasteiger partial charge in [-0.05, 0) is 54.1 Å². The van der Waals surface area contributed by atoms with Crippen LogP contribution in [0.5, 0.6) is 0 Å². The first-order chi connectivity index (χ1) is 17.4. The van der Waals surface area contributed by atoms with E-state index in [4.69, 9.17) is 11.6 Å². The lowest BCUT2D eigenvalue weighted by Crippen LogP contribution is -2.19. The maximum Gasteiger partial charge on any atom is 0.270 e. The smallest absolute Gasteiger partial charge is 0.270 e. The van der Waals surface area contributed by atoms with Crippen LogP contribution in [0.3, 0.4) is 0 Å². The highest BCUT2D eigenvalue weighted by Gasteiger charge is 2.22. The number of nitrogens with zero attached hydrogens (tertiary/aromatic N) is 1. The highest BCUT2D eigenvalue weighted by Crippen LogP contribution is 2.37. The van der Waals surface area contributed by atoms with Crippen LogP contribution in [0.25, 0.3) is 0 Å². The number of non-ortho nitro benzene ring substituents is 1. The van der Waals surface area contributed by atoms with Crippen molar-refractivity contribution in [1.29, 1.82) is 0 Å². The van der Waals surface area contributed by atoms with Crippen molar-refractivity contribution >= 4 is 52.2 Å². The SMILES string of the molecule is O=C(Nc1ccc(SC(C(=O)Nc2cccc(Cl)c2)c2ccccc2)cc1)c1cccc([N+](=O)[O-])c1. The molecule has 1 atom stereocenters. The second-order valence-corrected chi connectivity index (χ2v) is 9.31. The highest BCUT2D eigenvalue weighted by molar-refractivity contribution is 8.00.